The molecular formula is C19H25N3O4S2. The molecule has 7 nitrogen and oxygen atoms in total. The number of sulfonamides is 2. The minimum Gasteiger partial charge on any atom is -0.304 e. The lowest BCUT2D eigenvalue weighted by atomic mass is 10.2. The molecular weight excluding hydrogens is 398 g/mol. The minimum absolute atomic E-state index is 0.126. The molecule has 152 valence electrons. The molecule has 2 aromatic rings. The van der Waals surface area contributed by atoms with Crippen molar-refractivity contribution in [2.45, 2.75) is 23.6 Å². The molecule has 3 rings (SSSR count). The zero-order chi connectivity index (χ0) is 20.5. The van der Waals surface area contributed by atoms with Gasteiger partial charge in [0.1, 0.15) is 0 Å². The van der Waals surface area contributed by atoms with Crippen LogP contribution in [0, 0.1) is 13.8 Å². The Labute approximate surface area is 167 Å². The van der Waals surface area contributed by atoms with Crippen LogP contribution in [0.2, 0.25) is 0 Å². The maximum Gasteiger partial charge on any atom is 0.261 e. The quantitative estimate of drug-likeness (QED) is 0.795. The molecule has 1 fully saturated rings. The summed E-state index contributed by atoms with van der Waals surface area (Å²) in [6, 6.07) is 11.1. The Kier molecular flexibility index (Phi) is 5.81. The van der Waals surface area contributed by atoms with Crippen LogP contribution >= 0.6 is 0 Å². The van der Waals surface area contributed by atoms with Gasteiger partial charge in [-0.25, -0.2) is 16.8 Å². The van der Waals surface area contributed by atoms with Crippen LogP contribution in [-0.2, 0) is 20.0 Å². The lowest BCUT2D eigenvalue weighted by Gasteiger charge is -2.32. The first-order chi connectivity index (χ1) is 13.1. The van der Waals surface area contributed by atoms with E-state index in [0.29, 0.717) is 31.7 Å². The molecule has 9 heteroatoms. The number of nitrogens with one attached hydrogen (secondary N) is 1. The summed E-state index contributed by atoms with van der Waals surface area (Å²) in [4.78, 5) is 2.33. The molecule has 0 atom stereocenters. The molecule has 1 aliphatic heterocycles. The van der Waals surface area contributed by atoms with Gasteiger partial charge in [0.15, 0.2) is 0 Å². The van der Waals surface area contributed by atoms with Crippen molar-refractivity contribution in [1.82, 2.24) is 9.21 Å². The van der Waals surface area contributed by atoms with E-state index in [1.807, 2.05) is 14.0 Å². The third-order valence-corrected chi connectivity index (χ3v) is 8.29. The van der Waals surface area contributed by atoms with E-state index < -0.39 is 20.0 Å². The zero-order valence-electron chi connectivity index (χ0n) is 16.2. The van der Waals surface area contributed by atoms with Crippen LogP contribution in [-0.4, -0.2) is 59.3 Å². The molecule has 0 aliphatic carbocycles. The van der Waals surface area contributed by atoms with Crippen molar-refractivity contribution in [3.05, 3.63) is 53.6 Å². The smallest absolute Gasteiger partial charge is 0.261 e. The van der Waals surface area contributed by atoms with Gasteiger partial charge in [-0.2, -0.15) is 4.31 Å². The molecule has 0 radical (unpaired) electrons. The molecule has 0 spiro atoms. The summed E-state index contributed by atoms with van der Waals surface area (Å²) in [5.74, 6) is 0. The normalized spacial score (nSPS) is 16.8. The van der Waals surface area contributed by atoms with Crippen LogP contribution in [0.3, 0.4) is 0 Å². The summed E-state index contributed by atoms with van der Waals surface area (Å²) < 4.78 is 55.3. The van der Waals surface area contributed by atoms with Crippen LogP contribution in [0.25, 0.3) is 0 Å². The molecule has 0 bridgehead atoms. The molecule has 2 aromatic carbocycles. The van der Waals surface area contributed by atoms with Gasteiger partial charge in [0, 0.05) is 26.2 Å². The highest BCUT2D eigenvalue weighted by atomic mass is 32.2. The van der Waals surface area contributed by atoms with Crippen molar-refractivity contribution in [2.75, 3.05) is 37.9 Å². The highest BCUT2D eigenvalue weighted by Crippen LogP contribution is 2.26. The highest BCUT2D eigenvalue weighted by Gasteiger charge is 2.29. The number of aryl methyl sites for hydroxylation is 2. The van der Waals surface area contributed by atoms with Crippen molar-refractivity contribution in [1.29, 1.82) is 0 Å². The molecule has 28 heavy (non-hydrogen) atoms. The molecule has 1 N–H and O–H groups in total. The van der Waals surface area contributed by atoms with E-state index >= 15 is 0 Å². The zero-order valence-corrected chi connectivity index (χ0v) is 17.8. The van der Waals surface area contributed by atoms with Gasteiger partial charge in [-0.1, -0.05) is 23.8 Å². The SMILES string of the molecule is Cc1ccc(S(=O)(=O)Nc2ccc(C)c(S(=O)(=O)N3CCN(C)CC3)c2)cc1. The molecule has 1 heterocycles. The second kappa shape index (κ2) is 7.82. The van der Waals surface area contributed by atoms with Crippen LogP contribution in [0.4, 0.5) is 5.69 Å². The summed E-state index contributed by atoms with van der Waals surface area (Å²) in [7, 11) is -5.54. The van der Waals surface area contributed by atoms with Crippen molar-refractivity contribution in [2.24, 2.45) is 0 Å². The number of benzene rings is 2. The fraction of sp³-hybridized carbons (Fsp3) is 0.368. The maximum atomic E-state index is 13.1. The second-order valence-electron chi connectivity index (χ2n) is 7.11. The van der Waals surface area contributed by atoms with Crippen molar-refractivity contribution >= 4 is 25.7 Å². The summed E-state index contributed by atoms with van der Waals surface area (Å²) >= 11 is 0. The van der Waals surface area contributed by atoms with E-state index in [4.69, 9.17) is 0 Å². The van der Waals surface area contributed by atoms with Gasteiger partial charge < -0.3 is 4.90 Å². The van der Waals surface area contributed by atoms with Crippen LogP contribution in [0.1, 0.15) is 11.1 Å². The number of likely N-dealkylation sites (N-methyl/N-ethyl adjacent to an activating group) is 1. The van der Waals surface area contributed by atoms with Gasteiger partial charge in [-0.3, -0.25) is 4.72 Å². The molecule has 0 aromatic heterocycles. The predicted octanol–water partition coefficient (Wildman–Crippen LogP) is 2.04. The minimum atomic E-state index is -3.80. The lowest BCUT2D eigenvalue weighted by molar-refractivity contribution is 0.222. The number of rotatable bonds is 5. The van der Waals surface area contributed by atoms with E-state index in [-0.39, 0.29) is 15.5 Å². The highest BCUT2D eigenvalue weighted by molar-refractivity contribution is 7.92. The van der Waals surface area contributed by atoms with Gasteiger partial charge >= 0.3 is 0 Å². The molecule has 0 saturated carbocycles. The van der Waals surface area contributed by atoms with Gasteiger partial charge in [0.25, 0.3) is 10.0 Å². The van der Waals surface area contributed by atoms with E-state index in [1.165, 1.54) is 22.5 Å². The van der Waals surface area contributed by atoms with E-state index in [9.17, 15) is 16.8 Å². The molecule has 0 unspecified atom stereocenters. The Balaban J connectivity index is 1.90. The molecule has 0 amide bonds. The van der Waals surface area contributed by atoms with Crippen LogP contribution < -0.4 is 4.72 Å². The second-order valence-corrected chi connectivity index (χ2v) is 10.7. The molecule has 1 saturated heterocycles. The fourth-order valence-corrected chi connectivity index (χ4v) is 5.76. The predicted molar refractivity (Wildman–Crippen MR) is 109 cm³/mol. The fourth-order valence-electron chi connectivity index (χ4n) is 3.04. The lowest BCUT2D eigenvalue weighted by Crippen LogP contribution is -2.47. The standard InChI is InChI=1S/C19H25N3O4S2/c1-15-4-8-18(9-5-15)27(23,24)20-17-7-6-16(2)19(14-17)28(25,26)22-12-10-21(3)11-13-22/h4-9,14,20H,10-13H2,1-3H3. The topological polar surface area (TPSA) is 86.8 Å². The summed E-state index contributed by atoms with van der Waals surface area (Å²) in [6.45, 7) is 5.74. The number of hydrogen-bond donors (Lipinski definition) is 1. The number of nitrogens with zero attached hydrogens (tertiary/aromatic N) is 2. The molecule has 1 aliphatic rings. The van der Waals surface area contributed by atoms with Crippen molar-refractivity contribution < 1.29 is 16.8 Å². The number of anilines is 1. The largest absolute Gasteiger partial charge is 0.304 e. The summed E-state index contributed by atoms with van der Waals surface area (Å²) in [6.07, 6.45) is 0. The van der Waals surface area contributed by atoms with Gasteiger partial charge in [-0.05, 0) is 50.7 Å². The Morgan fingerprint density at radius 3 is 2.07 bits per heavy atom. The average molecular weight is 424 g/mol. The van der Waals surface area contributed by atoms with E-state index in [1.54, 1.807) is 31.2 Å². The third kappa shape index (κ3) is 4.38. The van der Waals surface area contributed by atoms with Gasteiger partial charge in [0.05, 0.1) is 15.5 Å². The first-order valence-electron chi connectivity index (χ1n) is 8.98. The van der Waals surface area contributed by atoms with Gasteiger partial charge in [0.2, 0.25) is 10.0 Å². The van der Waals surface area contributed by atoms with E-state index in [2.05, 4.69) is 9.62 Å². The summed E-state index contributed by atoms with van der Waals surface area (Å²) in [5, 5.41) is 0. The van der Waals surface area contributed by atoms with Crippen LogP contribution in [0.15, 0.2) is 52.3 Å². The first kappa shape index (κ1) is 20.8. The average Bonchev–Trinajstić information content (AvgIpc) is 2.64. The Morgan fingerprint density at radius 2 is 1.46 bits per heavy atom. The summed E-state index contributed by atoms with van der Waals surface area (Å²) in [5.41, 5.74) is 1.76. The number of hydrogen-bond acceptors (Lipinski definition) is 5. The monoisotopic (exact) mass is 423 g/mol. The Bertz CT molecular complexity index is 1060. The van der Waals surface area contributed by atoms with Crippen LogP contribution in [0.5, 0.6) is 0 Å². The van der Waals surface area contributed by atoms with E-state index in [0.717, 1.165) is 5.56 Å². The first-order valence-corrected chi connectivity index (χ1v) is 11.9. The Morgan fingerprint density at radius 1 is 0.857 bits per heavy atom. The third-order valence-electron chi connectivity index (χ3n) is 4.85. The van der Waals surface area contributed by atoms with Gasteiger partial charge in [-0.15, -0.1) is 0 Å². The maximum absolute atomic E-state index is 13.1. The Hall–Kier alpha value is -1.94. The van der Waals surface area contributed by atoms with Crippen molar-refractivity contribution in [3.63, 3.8) is 0 Å². The van der Waals surface area contributed by atoms with Crippen molar-refractivity contribution in [3.8, 4) is 0 Å². The number of piperazine rings is 1.